The van der Waals surface area contributed by atoms with Gasteiger partial charge in [0, 0.05) is 10.5 Å². The lowest BCUT2D eigenvalue weighted by atomic mass is 10.1. The Morgan fingerprint density at radius 1 is 1.29 bits per heavy atom. The standard InChI is InChI=1S/C12H16BrNO2S/c1-9-6-7-10(8-9)14-17(15,16)12-5-3-2-4-11(12)13/h2-5,9-10,14H,6-8H2,1H3. The van der Waals surface area contributed by atoms with Crippen LogP contribution in [0.4, 0.5) is 0 Å². The highest BCUT2D eigenvalue weighted by Gasteiger charge is 2.27. The van der Waals surface area contributed by atoms with E-state index in [0.717, 1.165) is 19.3 Å². The zero-order chi connectivity index (χ0) is 12.5. The zero-order valence-electron chi connectivity index (χ0n) is 9.69. The molecule has 94 valence electrons. The fourth-order valence-electron chi connectivity index (χ4n) is 2.26. The van der Waals surface area contributed by atoms with Crippen LogP contribution in [-0.2, 0) is 10.0 Å². The summed E-state index contributed by atoms with van der Waals surface area (Å²) in [5, 5.41) is 0. The Bertz CT molecular complexity index is 501. The maximum Gasteiger partial charge on any atom is 0.241 e. The van der Waals surface area contributed by atoms with Gasteiger partial charge in [-0.25, -0.2) is 13.1 Å². The van der Waals surface area contributed by atoms with E-state index in [4.69, 9.17) is 0 Å². The average molecular weight is 318 g/mol. The molecule has 3 nitrogen and oxygen atoms in total. The molecule has 1 aliphatic rings. The van der Waals surface area contributed by atoms with E-state index in [2.05, 4.69) is 27.6 Å². The summed E-state index contributed by atoms with van der Waals surface area (Å²) in [6.45, 7) is 2.16. The molecule has 1 aromatic carbocycles. The van der Waals surface area contributed by atoms with Crippen LogP contribution in [0.15, 0.2) is 33.6 Å². The predicted molar refractivity (Wildman–Crippen MR) is 71.3 cm³/mol. The maximum absolute atomic E-state index is 12.2. The minimum absolute atomic E-state index is 0.0853. The van der Waals surface area contributed by atoms with Crippen LogP contribution in [0.5, 0.6) is 0 Å². The van der Waals surface area contributed by atoms with Gasteiger partial charge in [-0.3, -0.25) is 0 Å². The highest BCUT2D eigenvalue weighted by molar-refractivity contribution is 9.10. The third-order valence-corrected chi connectivity index (χ3v) is 5.68. The number of hydrogen-bond donors (Lipinski definition) is 1. The second kappa shape index (κ2) is 5.08. The summed E-state index contributed by atoms with van der Waals surface area (Å²) in [6, 6.07) is 6.98. The molecule has 0 aromatic heterocycles. The first-order valence-corrected chi connectivity index (χ1v) is 8.03. The molecule has 1 aliphatic carbocycles. The highest BCUT2D eigenvalue weighted by Crippen LogP contribution is 2.27. The van der Waals surface area contributed by atoms with E-state index in [1.807, 2.05) is 0 Å². The van der Waals surface area contributed by atoms with Crippen molar-refractivity contribution in [1.29, 1.82) is 0 Å². The van der Waals surface area contributed by atoms with Crippen molar-refractivity contribution in [3.8, 4) is 0 Å². The second-order valence-corrected chi connectivity index (χ2v) is 7.20. The molecule has 0 spiro atoms. The Kier molecular flexibility index (Phi) is 3.90. The molecule has 0 amide bonds. The molecule has 0 saturated heterocycles. The predicted octanol–water partition coefficient (Wildman–Crippen LogP) is 2.92. The van der Waals surface area contributed by atoms with Crippen molar-refractivity contribution in [3.05, 3.63) is 28.7 Å². The summed E-state index contributed by atoms with van der Waals surface area (Å²) < 4.78 is 27.7. The molecule has 0 radical (unpaired) electrons. The lowest BCUT2D eigenvalue weighted by Crippen LogP contribution is -2.33. The van der Waals surface area contributed by atoms with Crippen LogP contribution in [0.2, 0.25) is 0 Å². The van der Waals surface area contributed by atoms with Gasteiger partial charge in [0.05, 0.1) is 4.90 Å². The first-order valence-electron chi connectivity index (χ1n) is 5.76. The molecule has 0 heterocycles. The molecular formula is C12H16BrNO2S. The van der Waals surface area contributed by atoms with Gasteiger partial charge in [-0.2, -0.15) is 0 Å². The molecule has 1 saturated carbocycles. The first kappa shape index (κ1) is 13.1. The molecule has 5 heteroatoms. The van der Waals surface area contributed by atoms with E-state index in [9.17, 15) is 8.42 Å². The van der Waals surface area contributed by atoms with Gasteiger partial charge in [0.2, 0.25) is 10.0 Å². The van der Waals surface area contributed by atoms with E-state index < -0.39 is 10.0 Å². The van der Waals surface area contributed by atoms with Crippen LogP contribution in [0.3, 0.4) is 0 Å². The number of sulfonamides is 1. The Morgan fingerprint density at radius 3 is 2.59 bits per heavy atom. The van der Waals surface area contributed by atoms with Gasteiger partial charge in [0.15, 0.2) is 0 Å². The topological polar surface area (TPSA) is 46.2 Å². The summed E-state index contributed by atoms with van der Waals surface area (Å²) in [6.07, 6.45) is 2.97. The summed E-state index contributed by atoms with van der Waals surface area (Å²) in [7, 11) is -3.39. The van der Waals surface area contributed by atoms with Crippen molar-refractivity contribution >= 4 is 26.0 Å². The lowest BCUT2D eigenvalue weighted by molar-refractivity contribution is 0.538. The molecule has 17 heavy (non-hydrogen) atoms. The van der Waals surface area contributed by atoms with E-state index >= 15 is 0 Å². The molecule has 0 bridgehead atoms. The van der Waals surface area contributed by atoms with Crippen LogP contribution >= 0.6 is 15.9 Å². The fraction of sp³-hybridized carbons (Fsp3) is 0.500. The average Bonchev–Trinajstić information content (AvgIpc) is 2.63. The minimum Gasteiger partial charge on any atom is -0.208 e. The fourth-order valence-corrected chi connectivity index (χ4v) is 4.55. The summed E-state index contributed by atoms with van der Waals surface area (Å²) in [5.41, 5.74) is 0. The van der Waals surface area contributed by atoms with Gasteiger partial charge < -0.3 is 0 Å². The SMILES string of the molecule is CC1CCC(NS(=O)(=O)c2ccccc2Br)C1. The van der Waals surface area contributed by atoms with Gasteiger partial charge in [-0.05, 0) is 53.2 Å². The van der Waals surface area contributed by atoms with Gasteiger partial charge in [0.25, 0.3) is 0 Å². The maximum atomic E-state index is 12.2. The van der Waals surface area contributed by atoms with Crippen molar-refractivity contribution in [2.24, 2.45) is 5.92 Å². The number of hydrogen-bond acceptors (Lipinski definition) is 2. The van der Waals surface area contributed by atoms with Crippen molar-refractivity contribution in [1.82, 2.24) is 4.72 Å². The Morgan fingerprint density at radius 2 is 2.00 bits per heavy atom. The minimum atomic E-state index is -3.39. The van der Waals surface area contributed by atoms with Gasteiger partial charge >= 0.3 is 0 Å². The third-order valence-electron chi connectivity index (χ3n) is 3.14. The van der Waals surface area contributed by atoms with Crippen LogP contribution in [-0.4, -0.2) is 14.5 Å². The van der Waals surface area contributed by atoms with E-state index in [0.29, 0.717) is 15.3 Å². The molecule has 2 atom stereocenters. The smallest absolute Gasteiger partial charge is 0.208 e. The Labute approximate surface area is 111 Å². The second-order valence-electron chi connectivity index (χ2n) is 4.67. The van der Waals surface area contributed by atoms with Crippen LogP contribution in [0, 0.1) is 5.92 Å². The molecule has 0 aliphatic heterocycles. The first-order chi connectivity index (χ1) is 7.99. The van der Waals surface area contributed by atoms with Gasteiger partial charge in [0.1, 0.15) is 0 Å². The number of nitrogens with one attached hydrogen (secondary N) is 1. The van der Waals surface area contributed by atoms with E-state index in [1.165, 1.54) is 0 Å². The van der Waals surface area contributed by atoms with E-state index in [-0.39, 0.29) is 6.04 Å². The summed E-state index contributed by atoms with van der Waals surface area (Å²) >= 11 is 3.27. The molecule has 1 aromatic rings. The van der Waals surface area contributed by atoms with E-state index in [1.54, 1.807) is 24.3 Å². The molecule has 2 rings (SSSR count). The number of halogens is 1. The molecule has 1 N–H and O–H groups in total. The Hall–Kier alpha value is -0.390. The normalized spacial score (nSPS) is 25.1. The molecule has 1 fully saturated rings. The quantitative estimate of drug-likeness (QED) is 0.931. The summed E-state index contributed by atoms with van der Waals surface area (Å²) in [5.74, 6) is 0.613. The van der Waals surface area contributed by atoms with Crippen molar-refractivity contribution in [3.63, 3.8) is 0 Å². The summed E-state index contributed by atoms with van der Waals surface area (Å²) in [4.78, 5) is 0.319. The highest BCUT2D eigenvalue weighted by atomic mass is 79.9. The van der Waals surface area contributed by atoms with Gasteiger partial charge in [-0.15, -0.1) is 0 Å². The lowest BCUT2D eigenvalue weighted by Gasteiger charge is -2.13. The Balaban J connectivity index is 2.17. The van der Waals surface area contributed by atoms with Crippen molar-refractivity contribution < 1.29 is 8.42 Å². The van der Waals surface area contributed by atoms with Crippen LogP contribution < -0.4 is 4.72 Å². The molecule has 2 unspecified atom stereocenters. The number of benzene rings is 1. The van der Waals surface area contributed by atoms with Crippen LogP contribution in [0.25, 0.3) is 0 Å². The van der Waals surface area contributed by atoms with Crippen molar-refractivity contribution in [2.45, 2.75) is 37.1 Å². The number of rotatable bonds is 3. The van der Waals surface area contributed by atoms with Crippen LogP contribution in [0.1, 0.15) is 26.2 Å². The van der Waals surface area contributed by atoms with Crippen molar-refractivity contribution in [2.75, 3.05) is 0 Å². The third kappa shape index (κ3) is 3.09. The zero-order valence-corrected chi connectivity index (χ0v) is 12.1. The molecular weight excluding hydrogens is 302 g/mol. The van der Waals surface area contributed by atoms with Gasteiger partial charge in [-0.1, -0.05) is 19.1 Å². The monoisotopic (exact) mass is 317 g/mol. The largest absolute Gasteiger partial charge is 0.241 e.